The van der Waals surface area contributed by atoms with E-state index in [1.54, 1.807) is 0 Å². The first-order valence-corrected chi connectivity index (χ1v) is 6.24. The minimum Gasteiger partial charge on any atom is -0.321 e. The van der Waals surface area contributed by atoms with E-state index in [4.69, 9.17) is 5.73 Å². The number of halogens is 1. The maximum atomic E-state index is 11.7. The Morgan fingerprint density at radius 2 is 2.00 bits per heavy atom. The number of benzene rings is 1. The van der Waals surface area contributed by atoms with Crippen LogP contribution in [0.2, 0.25) is 0 Å². The molecule has 0 amide bonds. The Morgan fingerprint density at radius 1 is 1.40 bits per heavy atom. The zero-order valence-electron chi connectivity index (χ0n) is 8.87. The fraction of sp³-hybridized carbons (Fsp3) is 0.417. The summed E-state index contributed by atoms with van der Waals surface area (Å²) < 4.78 is 1.18. The third kappa shape index (κ3) is 4.30. The molecule has 0 radical (unpaired) electrons. The van der Waals surface area contributed by atoms with Gasteiger partial charge in [-0.1, -0.05) is 25.5 Å². The van der Waals surface area contributed by atoms with E-state index >= 15 is 0 Å². The first kappa shape index (κ1) is 12.6. The van der Waals surface area contributed by atoms with Gasteiger partial charge in [-0.25, -0.2) is 0 Å². The van der Waals surface area contributed by atoms with Gasteiger partial charge >= 0.3 is 0 Å². The van der Waals surface area contributed by atoms with E-state index in [2.05, 4.69) is 22.6 Å². The maximum absolute atomic E-state index is 11.7. The van der Waals surface area contributed by atoms with Crippen LogP contribution in [0.1, 0.15) is 25.3 Å². The van der Waals surface area contributed by atoms with Crippen molar-refractivity contribution in [1.29, 1.82) is 0 Å². The molecule has 0 spiro atoms. The average Bonchev–Trinajstić information content (AvgIpc) is 2.22. The van der Waals surface area contributed by atoms with Crippen molar-refractivity contribution < 1.29 is 4.79 Å². The Labute approximate surface area is 104 Å². The summed E-state index contributed by atoms with van der Waals surface area (Å²) in [7, 11) is 0. The van der Waals surface area contributed by atoms with E-state index in [1.165, 1.54) is 3.57 Å². The predicted molar refractivity (Wildman–Crippen MR) is 70.8 cm³/mol. The van der Waals surface area contributed by atoms with Crippen LogP contribution >= 0.6 is 22.6 Å². The number of ketones is 1. The van der Waals surface area contributed by atoms with Gasteiger partial charge in [-0.3, -0.25) is 4.79 Å². The van der Waals surface area contributed by atoms with Crippen LogP contribution in [0.5, 0.6) is 0 Å². The highest BCUT2D eigenvalue weighted by Gasteiger charge is 2.12. The molecule has 0 fully saturated rings. The molecule has 0 aromatic heterocycles. The van der Waals surface area contributed by atoms with Crippen molar-refractivity contribution >= 4 is 28.4 Å². The van der Waals surface area contributed by atoms with Crippen molar-refractivity contribution in [1.82, 2.24) is 0 Å². The largest absolute Gasteiger partial charge is 0.321 e. The fourth-order valence-corrected chi connectivity index (χ4v) is 1.77. The molecule has 2 N–H and O–H groups in total. The molecule has 1 aromatic rings. The lowest BCUT2D eigenvalue weighted by Gasteiger charge is -2.08. The molecule has 82 valence electrons. The van der Waals surface area contributed by atoms with Crippen molar-refractivity contribution in [3.05, 3.63) is 33.4 Å². The third-order valence-corrected chi connectivity index (χ3v) is 3.02. The first-order chi connectivity index (χ1) is 7.13. The molecule has 0 bridgehead atoms. The van der Waals surface area contributed by atoms with Crippen LogP contribution in [-0.4, -0.2) is 11.8 Å². The number of Topliss-reactive ketones (excluding diaryl/α,β-unsaturated/α-hetero) is 1. The number of carbonyl (C=O) groups is 1. The summed E-state index contributed by atoms with van der Waals surface area (Å²) in [5.41, 5.74) is 6.80. The van der Waals surface area contributed by atoms with Crippen molar-refractivity contribution in [2.45, 2.75) is 32.2 Å². The minimum absolute atomic E-state index is 0.137. The lowest BCUT2D eigenvalue weighted by Crippen LogP contribution is -2.31. The summed E-state index contributed by atoms with van der Waals surface area (Å²) in [5.74, 6) is 0.137. The number of hydrogen-bond acceptors (Lipinski definition) is 2. The smallest absolute Gasteiger partial charge is 0.153 e. The van der Waals surface area contributed by atoms with Gasteiger partial charge in [-0.15, -0.1) is 0 Å². The number of nitrogens with two attached hydrogens (primary N) is 1. The topological polar surface area (TPSA) is 43.1 Å². The molecular weight excluding hydrogens is 301 g/mol. The monoisotopic (exact) mass is 317 g/mol. The van der Waals surface area contributed by atoms with E-state index in [-0.39, 0.29) is 11.8 Å². The quantitative estimate of drug-likeness (QED) is 0.848. The normalized spacial score (nSPS) is 12.5. The van der Waals surface area contributed by atoms with E-state index in [0.717, 1.165) is 18.4 Å². The summed E-state index contributed by atoms with van der Waals surface area (Å²) in [5, 5.41) is 0. The van der Waals surface area contributed by atoms with Gasteiger partial charge in [0, 0.05) is 9.99 Å². The van der Waals surface area contributed by atoms with Gasteiger partial charge in [0.25, 0.3) is 0 Å². The van der Waals surface area contributed by atoms with E-state index in [1.807, 2.05) is 31.2 Å². The van der Waals surface area contributed by atoms with Gasteiger partial charge in [0.2, 0.25) is 0 Å². The molecule has 1 atom stereocenters. The second-order valence-electron chi connectivity index (χ2n) is 3.66. The van der Waals surface area contributed by atoms with E-state index < -0.39 is 0 Å². The van der Waals surface area contributed by atoms with Crippen LogP contribution < -0.4 is 5.73 Å². The Bertz CT molecular complexity index is 321. The van der Waals surface area contributed by atoms with Crippen LogP contribution in [0.3, 0.4) is 0 Å². The molecule has 0 saturated heterocycles. The van der Waals surface area contributed by atoms with Crippen molar-refractivity contribution in [3.8, 4) is 0 Å². The standard InChI is InChI=1S/C12H16INO/c1-2-3-11(14)12(15)8-9-4-6-10(13)7-5-9/h4-7,11H,2-3,8,14H2,1H3. The van der Waals surface area contributed by atoms with Gasteiger partial charge < -0.3 is 5.73 Å². The minimum atomic E-state index is -0.297. The lowest BCUT2D eigenvalue weighted by atomic mass is 10.0. The summed E-state index contributed by atoms with van der Waals surface area (Å²) in [4.78, 5) is 11.7. The lowest BCUT2D eigenvalue weighted by molar-refractivity contribution is -0.119. The molecule has 0 aliphatic rings. The molecule has 3 heteroatoms. The van der Waals surface area contributed by atoms with Crippen LogP contribution in [0.4, 0.5) is 0 Å². The van der Waals surface area contributed by atoms with E-state index in [0.29, 0.717) is 6.42 Å². The SMILES string of the molecule is CCCC(N)C(=O)Cc1ccc(I)cc1. The van der Waals surface area contributed by atoms with Crippen LogP contribution in [-0.2, 0) is 11.2 Å². The number of hydrogen-bond donors (Lipinski definition) is 1. The second kappa shape index (κ2) is 6.23. The van der Waals surface area contributed by atoms with Gasteiger partial charge in [0.15, 0.2) is 5.78 Å². The van der Waals surface area contributed by atoms with Gasteiger partial charge in [-0.2, -0.15) is 0 Å². The van der Waals surface area contributed by atoms with Crippen LogP contribution in [0, 0.1) is 3.57 Å². The van der Waals surface area contributed by atoms with Crippen molar-refractivity contribution in [3.63, 3.8) is 0 Å². The maximum Gasteiger partial charge on any atom is 0.153 e. The zero-order valence-corrected chi connectivity index (χ0v) is 11.0. The molecule has 0 heterocycles. The summed E-state index contributed by atoms with van der Waals surface area (Å²) >= 11 is 2.25. The Morgan fingerprint density at radius 3 is 2.53 bits per heavy atom. The molecule has 15 heavy (non-hydrogen) atoms. The zero-order chi connectivity index (χ0) is 11.3. The molecule has 1 aromatic carbocycles. The van der Waals surface area contributed by atoms with Gasteiger partial charge in [0.1, 0.15) is 0 Å². The Kier molecular flexibility index (Phi) is 5.25. The van der Waals surface area contributed by atoms with Crippen LogP contribution in [0.15, 0.2) is 24.3 Å². The highest BCUT2D eigenvalue weighted by atomic mass is 127. The van der Waals surface area contributed by atoms with Gasteiger partial charge in [0.05, 0.1) is 6.04 Å². The molecule has 0 aliphatic heterocycles. The molecule has 0 aliphatic carbocycles. The summed E-state index contributed by atoms with van der Waals surface area (Å²) in [6.07, 6.45) is 2.20. The second-order valence-corrected chi connectivity index (χ2v) is 4.91. The number of carbonyl (C=O) groups excluding carboxylic acids is 1. The predicted octanol–water partition coefficient (Wildman–Crippen LogP) is 2.53. The molecule has 0 saturated carbocycles. The molecular formula is C12H16INO. The van der Waals surface area contributed by atoms with Gasteiger partial charge in [-0.05, 0) is 46.7 Å². The Balaban J connectivity index is 2.54. The van der Waals surface area contributed by atoms with Crippen molar-refractivity contribution in [2.75, 3.05) is 0 Å². The highest BCUT2D eigenvalue weighted by Crippen LogP contribution is 2.09. The molecule has 1 unspecified atom stereocenters. The highest BCUT2D eigenvalue weighted by molar-refractivity contribution is 14.1. The summed E-state index contributed by atoms with van der Waals surface area (Å²) in [6.45, 7) is 2.04. The summed E-state index contributed by atoms with van der Waals surface area (Å²) in [6, 6.07) is 7.69. The fourth-order valence-electron chi connectivity index (χ4n) is 1.41. The van der Waals surface area contributed by atoms with Crippen LogP contribution in [0.25, 0.3) is 0 Å². The van der Waals surface area contributed by atoms with Crippen molar-refractivity contribution in [2.24, 2.45) is 5.73 Å². The first-order valence-electron chi connectivity index (χ1n) is 5.16. The molecule has 1 rings (SSSR count). The van der Waals surface area contributed by atoms with E-state index in [9.17, 15) is 4.79 Å². The number of rotatable bonds is 5. The molecule has 2 nitrogen and oxygen atoms in total. The average molecular weight is 317 g/mol. The third-order valence-electron chi connectivity index (χ3n) is 2.30. The Hall–Kier alpha value is -0.420.